The fraction of sp³-hybridized carbons (Fsp3) is 0.263. The number of methoxy groups -OCH3 is 1. The van der Waals surface area contributed by atoms with Gasteiger partial charge >= 0.3 is 5.97 Å². The van der Waals surface area contributed by atoms with Crippen LogP contribution in [0, 0.1) is 0 Å². The van der Waals surface area contributed by atoms with Crippen LogP contribution in [0.1, 0.15) is 37.8 Å². The van der Waals surface area contributed by atoms with Crippen LogP contribution in [-0.4, -0.2) is 30.9 Å². The van der Waals surface area contributed by atoms with Crippen LogP contribution in [0.2, 0.25) is 0 Å². The average Bonchev–Trinajstić information content (AvgIpc) is 3.17. The first kappa shape index (κ1) is 14.8. The van der Waals surface area contributed by atoms with Gasteiger partial charge in [0.05, 0.1) is 19.2 Å². The molecule has 0 radical (unpaired) electrons. The van der Waals surface area contributed by atoms with Crippen molar-refractivity contribution >= 4 is 11.8 Å². The lowest BCUT2D eigenvalue weighted by molar-refractivity contribution is 0.0597. The van der Waals surface area contributed by atoms with E-state index in [0.29, 0.717) is 24.1 Å². The van der Waals surface area contributed by atoms with E-state index in [2.05, 4.69) is 10.2 Å². The summed E-state index contributed by atoms with van der Waals surface area (Å²) in [6.07, 6.45) is 0.520. The zero-order chi connectivity index (χ0) is 16.7. The summed E-state index contributed by atoms with van der Waals surface area (Å²) >= 11 is 0. The number of carbonyl (C=O) groups excluding carboxylic acids is 2. The summed E-state index contributed by atoms with van der Waals surface area (Å²) in [6, 6.07) is 14.8. The molecule has 0 saturated carbocycles. The Balaban J connectivity index is 1.82. The molecule has 1 spiro atoms. The maximum atomic E-state index is 13.1. The SMILES string of the molecule is COC(=O)c1ccccc1[C@@H]1CN=N[C@]12Cc1ccccc1C2=O. The van der Waals surface area contributed by atoms with Gasteiger partial charge in [0, 0.05) is 17.9 Å². The highest BCUT2D eigenvalue weighted by molar-refractivity contribution is 6.09. The number of esters is 1. The molecule has 120 valence electrons. The van der Waals surface area contributed by atoms with Crippen molar-refractivity contribution in [3.63, 3.8) is 0 Å². The molecule has 2 aromatic carbocycles. The summed E-state index contributed by atoms with van der Waals surface area (Å²) < 4.78 is 4.89. The van der Waals surface area contributed by atoms with E-state index < -0.39 is 11.5 Å². The Bertz CT molecular complexity index is 874. The zero-order valence-corrected chi connectivity index (χ0v) is 13.2. The monoisotopic (exact) mass is 320 g/mol. The summed E-state index contributed by atoms with van der Waals surface area (Å²) in [5.41, 5.74) is 2.01. The predicted molar refractivity (Wildman–Crippen MR) is 87.5 cm³/mol. The van der Waals surface area contributed by atoms with Crippen molar-refractivity contribution in [2.24, 2.45) is 10.2 Å². The smallest absolute Gasteiger partial charge is 0.338 e. The van der Waals surface area contributed by atoms with Crippen LogP contribution in [0.5, 0.6) is 0 Å². The van der Waals surface area contributed by atoms with Crippen molar-refractivity contribution < 1.29 is 14.3 Å². The van der Waals surface area contributed by atoms with Crippen molar-refractivity contribution in [3.8, 4) is 0 Å². The number of hydrogen-bond donors (Lipinski definition) is 0. The number of nitrogens with zero attached hydrogens (tertiary/aromatic N) is 2. The summed E-state index contributed by atoms with van der Waals surface area (Å²) in [5.74, 6) is -0.674. The van der Waals surface area contributed by atoms with Crippen molar-refractivity contribution in [3.05, 3.63) is 70.8 Å². The molecule has 2 atom stereocenters. The number of hydrogen-bond acceptors (Lipinski definition) is 5. The van der Waals surface area contributed by atoms with Crippen LogP contribution in [0.3, 0.4) is 0 Å². The third kappa shape index (κ3) is 1.94. The first-order valence-electron chi connectivity index (χ1n) is 7.86. The first-order chi connectivity index (χ1) is 11.7. The lowest BCUT2D eigenvalue weighted by Crippen LogP contribution is -2.39. The van der Waals surface area contributed by atoms with Crippen molar-refractivity contribution in [1.82, 2.24) is 0 Å². The van der Waals surface area contributed by atoms with Crippen LogP contribution < -0.4 is 0 Å². The molecule has 0 unspecified atom stereocenters. The van der Waals surface area contributed by atoms with E-state index >= 15 is 0 Å². The number of rotatable bonds is 2. The maximum Gasteiger partial charge on any atom is 0.338 e. The number of carbonyl (C=O) groups is 2. The van der Waals surface area contributed by atoms with Gasteiger partial charge in [-0.25, -0.2) is 4.79 Å². The van der Waals surface area contributed by atoms with Gasteiger partial charge in [-0.3, -0.25) is 4.79 Å². The molecule has 1 heterocycles. The lowest BCUT2D eigenvalue weighted by Gasteiger charge is -2.26. The van der Waals surface area contributed by atoms with Gasteiger partial charge in [-0.1, -0.05) is 42.5 Å². The minimum absolute atomic E-state index is 0.0102. The Labute approximate surface area is 139 Å². The molecule has 2 aliphatic rings. The average molecular weight is 320 g/mol. The topological polar surface area (TPSA) is 68.1 Å². The molecule has 0 fully saturated rings. The highest BCUT2D eigenvalue weighted by atomic mass is 16.5. The molecule has 5 heteroatoms. The molecule has 0 aromatic heterocycles. The van der Waals surface area contributed by atoms with Gasteiger partial charge in [0.2, 0.25) is 0 Å². The Kier molecular flexibility index (Phi) is 3.30. The highest BCUT2D eigenvalue weighted by Crippen LogP contribution is 2.47. The molecule has 0 N–H and O–H groups in total. The third-order valence-corrected chi connectivity index (χ3v) is 4.95. The Morgan fingerprint density at radius 1 is 1.17 bits per heavy atom. The summed E-state index contributed by atoms with van der Waals surface area (Å²) in [7, 11) is 1.36. The van der Waals surface area contributed by atoms with E-state index in [4.69, 9.17) is 4.74 Å². The molecular weight excluding hydrogens is 304 g/mol. The Hall–Kier alpha value is -2.82. The van der Waals surface area contributed by atoms with Crippen LogP contribution in [0.15, 0.2) is 58.8 Å². The number of benzene rings is 2. The van der Waals surface area contributed by atoms with Gasteiger partial charge in [0.1, 0.15) is 0 Å². The quantitative estimate of drug-likeness (QED) is 0.798. The Morgan fingerprint density at radius 3 is 2.71 bits per heavy atom. The third-order valence-electron chi connectivity index (χ3n) is 4.95. The van der Waals surface area contributed by atoms with E-state index in [9.17, 15) is 9.59 Å². The fourth-order valence-corrected chi connectivity index (χ4v) is 3.78. The normalized spacial score (nSPS) is 24.4. The Morgan fingerprint density at radius 2 is 1.92 bits per heavy atom. The lowest BCUT2D eigenvalue weighted by atomic mass is 9.76. The van der Waals surface area contributed by atoms with Crippen LogP contribution in [-0.2, 0) is 11.2 Å². The van der Waals surface area contributed by atoms with E-state index in [-0.39, 0.29) is 11.7 Å². The molecule has 5 nitrogen and oxygen atoms in total. The largest absolute Gasteiger partial charge is 0.465 e. The summed E-state index contributed by atoms with van der Waals surface area (Å²) in [6.45, 7) is 0.397. The number of azo groups is 1. The standard InChI is InChI=1S/C19H16N2O3/c1-24-18(23)15-9-5-4-8-14(15)16-11-20-21-19(16)10-12-6-2-3-7-13(12)17(19)22/h2-9,16H,10-11H2,1H3/t16-,19+/m0/s1. The van der Waals surface area contributed by atoms with Crippen LogP contribution in [0.25, 0.3) is 0 Å². The van der Waals surface area contributed by atoms with Gasteiger partial charge in [0.15, 0.2) is 11.3 Å². The van der Waals surface area contributed by atoms with Gasteiger partial charge in [-0.05, 0) is 17.2 Å². The highest BCUT2D eigenvalue weighted by Gasteiger charge is 2.55. The minimum Gasteiger partial charge on any atom is -0.465 e. The minimum atomic E-state index is -0.937. The fourth-order valence-electron chi connectivity index (χ4n) is 3.78. The maximum absolute atomic E-state index is 13.1. The molecule has 1 aliphatic carbocycles. The molecule has 24 heavy (non-hydrogen) atoms. The van der Waals surface area contributed by atoms with E-state index in [0.717, 1.165) is 11.1 Å². The molecule has 0 saturated heterocycles. The van der Waals surface area contributed by atoms with E-state index in [1.165, 1.54) is 7.11 Å². The molecule has 0 bridgehead atoms. The van der Waals surface area contributed by atoms with Crippen molar-refractivity contribution in [1.29, 1.82) is 0 Å². The number of fused-ring (bicyclic) bond motifs is 1. The first-order valence-corrected chi connectivity index (χ1v) is 7.86. The second-order valence-corrected chi connectivity index (χ2v) is 6.14. The number of Topliss-reactive ketones (excluding diaryl/α,β-unsaturated/α-hetero) is 1. The number of ether oxygens (including phenoxy) is 1. The summed E-state index contributed by atoms with van der Waals surface area (Å²) in [4.78, 5) is 25.2. The van der Waals surface area contributed by atoms with Gasteiger partial charge in [-0.15, -0.1) is 0 Å². The molecule has 2 aromatic rings. The molecule has 0 amide bonds. The van der Waals surface area contributed by atoms with Gasteiger partial charge in [-0.2, -0.15) is 10.2 Å². The predicted octanol–water partition coefficient (Wildman–Crippen LogP) is 3.20. The molecule has 1 aliphatic heterocycles. The molecule has 4 rings (SSSR count). The van der Waals surface area contributed by atoms with Gasteiger partial charge in [0.25, 0.3) is 0 Å². The van der Waals surface area contributed by atoms with Crippen molar-refractivity contribution in [2.75, 3.05) is 13.7 Å². The van der Waals surface area contributed by atoms with Gasteiger partial charge < -0.3 is 4.74 Å². The number of ketones is 1. The zero-order valence-electron chi connectivity index (χ0n) is 13.2. The van der Waals surface area contributed by atoms with E-state index in [1.54, 1.807) is 12.1 Å². The second-order valence-electron chi connectivity index (χ2n) is 6.14. The van der Waals surface area contributed by atoms with Crippen LogP contribution in [0.4, 0.5) is 0 Å². The second kappa shape index (κ2) is 5.37. The summed E-state index contributed by atoms with van der Waals surface area (Å²) in [5, 5.41) is 8.56. The molecular formula is C19H16N2O3. The van der Waals surface area contributed by atoms with E-state index in [1.807, 2.05) is 36.4 Å². The van der Waals surface area contributed by atoms with Crippen molar-refractivity contribution in [2.45, 2.75) is 17.9 Å². The van der Waals surface area contributed by atoms with Crippen LogP contribution >= 0.6 is 0 Å².